The average molecular weight is 222 g/mol. The van der Waals surface area contributed by atoms with Crippen LogP contribution in [0.4, 0.5) is 0 Å². The summed E-state index contributed by atoms with van der Waals surface area (Å²) in [6.07, 6.45) is 12.6. The molecule has 1 heterocycles. The quantitative estimate of drug-likeness (QED) is 0.738. The van der Waals surface area contributed by atoms with Crippen molar-refractivity contribution in [2.45, 2.75) is 57.5 Å². The topological polar surface area (TPSA) is 15.3 Å². The van der Waals surface area contributed by atoms with Crippen molar-refractivity contribution in [2.24, 2.45) is 0 Å². The molecule has 1 N–H and O–H groups in total. The highest BCUT2D eigenvalue weighted by Crippen LogP contribution is 2.19. The van der Waals surface area contributed by atoms with E-state index in [1.165, 1.54) is 58.2 Å². The Hall–Kier alpha value is -0.340. The second kappa shape index (κ2) is 6.41. The van der Waals surface area contributed by atoms with Gasteiger partial charge in [-0.1, -0.05) is 25.5 Å². The highest BCUT2D eigenvalue weighted by atomic mass is 15.2. The van der Waals surface area contributed by atoms with E-state index in [1.807, 2.05) is 0 Å². The molecule has 0 saturated carbocycles. The van der Waals surface area contributed by atoms with Gasteiger partial charge in [-0.3, -0.25) is 4.90 Å². The zero-order valence-corrected chi connectivity index (χ0v) is 10.6. The lowest BCUT2D eigenvalue weighted by atomic mass is 9.99. The molecular weight excluding hydrogens is 196 g/mol. The van der Waals surface area contributed by atoms with Gasteiger partial charge in [0.1, 0.15) is 0 Å². The molecule has 2 nitrogen and oxygen atoms in total. The van der Waals surface area contributed by atoms with E-state index >= 15 is 0 Å². The first-order valence-electron chi connectivity index (χ1n) is 7.02. The van der Waals surface area contributed by atoms with E-state index in [0.29, 0.717) is 0 Å². The van der Waals surface area contributed by atoms with Crippen LogP contribution in [0, 0.1) is 0 Å². The van der Waals surface area contributed by atoms with Crippen LogP contribution in [-0.2, 0) is 0 Å². The third-order valence-corrected chi connectivity index (χ3v) is 3.90. The molecule has 2 heteroatoms. The minimum Gasteiger partial charge on any atom is -0.313 e. The maximum absolute atomic E-state index is 3.69. The Morgan fingerprint density at radius 3 is 3.06 bits per heavy atom. The molecule has 1 aliphatic heterocycles. The van der Waals surface area contributed by atoms with Crippen molar-refractivity contribution in [1.29, 1.82) is 0 Å². The fourth-order valence-electron chi connectivity index (χ4n) is 3.01. The Bertz CT molecular complexity index is 225. The molecule has 2 unspecified atom stereocenters. The molecule has 1 fully saturated rings. The molecule has 1 aliphatic carbocycles. The smallest absolute Gasteiger partial charge is 0.0195 e. The minimum absolute atomic E-state index is 0.735. The first kappa shape index (κ1) is 12.1. The van der Waals surface area contributed by atoms with Crippen molar-refractivity contribution >= 4 is 0 Å². The molecule has 0 aromatic heterocycles. The van der Waals surface area contributed by atoms with E-state index in [9.17, 15) is 0 Å². The number of nitrogens with one attached hydrogen (secondary N) is 1. The van der Waals surface area contributed by atoms with Crippen LogP contribution in [0.15, 0.2) is 12.2 Å². The van der Waals surface area contributed by atoms with Gasteiger partial charge in [-0.25, -0.2) is 0 Å². The van der Waals surface area contributed by atoms with Crippen molar-refractivity contribution in [3.8, 4) is 0 Å². The lowest BCUT2D eigenvalue weighted by molar-refractivity contribution is 0.179. The monoisotopic (exact) mass is 222 g/mol. The van der Waals surface area contributed by atoms with E-state index in [1.54, 1.807) is 0 Å². The number of hydrogen-bond acceptors (Lipinski definition) is 2. The van der Waals surface area contributed by atoms with Gasteiger partial charge in [-0.15, -0.1) is 0 Å². The van der Waals surface area contributed by atoms with Gasteiger partial charge < -0.3 is 5.32 Å². The first-order valence-corrected chi connectivity index (χ1v) is 7.02. The Balaban J connectivity index is 1.88. The number of hydrogen-bond donors (Lipinski definition) is 1. The summed E-state index contributed by atoms with van der Waals surface area (Å²) in [6, 6.07) is 1.56. The summed E-state index contributed by atoms with van der Waals surface area (Å²) in [5, 5.41) is 3.69. The van der Waals surface area contributed by atoms with E-state index in [0.717, 1.165) is 12.1 Å². The largest absolute Gasteiger partial charge is 0.313 e. The number of rotatable bonds is 3. The van der Waals surface area contributed by atoms with Crippen molar-refractivity contribution in [3.05, 3.63) is 12.2 Å². The Morgan fingerprint density at radius 1 is 1.38 bits per heavy atom. The van der Waals surface area contributed by atoms with Crippen LogP contribution < -0.4 is 5.32 Å². The molecular formula is C14H26N2. The summed E-state index contributed by atoms with van der Waals surface area (Å²) in [7, 11) is 0. The van der Waals surface area contributed by atoms with Crippen molar-refractivity contribution < 1.29 is 0 Å². The predicted molar refractivity (Wildman–Crippen MR) is 69.7 cm³/mol. The van der Waals surface area contributed by atoms with Crippen molar-refractivity contribution in [1.82, 2.24) is 10.2 Å². The lowest BCUT2D eigenvalue weighted by Gasteiger charge is -2.33. The molecule has 92 valence electrons. The van der Waals surface area contributed by atoms with Crippen LogP contribution in [-0.4, -0.2) is 36.6 Å². The maximum atomic E-state index is 3.69. The van der Waals surface area contributed by atoms with Gasteiger partial charge >= 0.3 is 0 Å². The summed E-state index contributed by atoms with van der Waals surface area (Å²) in [5.74, 6) is 0. The molecule has 2 rings (SSSR count). The molecule has 16 heavy (non-hydrogen) atoms. The first-order chi connectivity index (χ1) is 7.90. The lowest BCUT2D eigenvalue weighted by Crippen LogP contribution is -2.43. The third-order valence-electron chi connectivity index (χ3n) is 3.90. The Morgan fingerprint density at radius 2 is 2.31 bits per heavy atom. The molecule has 0 aromatic carbocycles. The number of nitrogens with zero attached hydrogens (tertiary/aromatic N) is 1. The van der Waals surface area contributed by atoms with Crippen LogP contribution in [0.5, 0.6) is 0 Å². The van der Waals surface area contributed by atoms with Crippen molar-refractivity contribution in [2.75, 3.05) is 19.6 Å². The molecule has 0 spiro atoms. The van der Waals surface area contributed by atoms with E-state index in [4.69, 9.17) is 0 Å². The highest BCUT2D eigenvalue weighted by Gasteiger charge is 2.23. The fraction of sp³-hybridized carbons (Fsp3) is 0.857. The molecule has 0 aromatic rings. The summed E-state index contributed by atoms with van der Waals surface area (Å²) >= 11 is 0. The molecule has 2 aliphatic rings. The Kier molecular flexibility index (Phi) is 4.86. The van der Waals surface area contributed by atoms with Gasteiger partial charge in [0.25, 0.3) is 0 Å². The minimum atomic E-state index is 0.735. The summed E-state index contributed by atoms with van der Waals surface area (Å²) in [4.78, 5) is 2.74. The van der Waals surface area contributed by atoms with Gasteiger partial charge in [0.15, 0.2) is 0 Å². The normalized spacial score (nSPS) is 32.6. The highest BCUT2D eigenvalue weighted by molar-refractivity contribution is 4.95. The molecule has 2 atom stereocenters. The second-order valence-corrected chi connectivity index (χ2v) is 5.23. The van der Waals surface area contributed by atoms with Crippen LogP contribution >= 0.6 is 0 Å². The average Bonchev–Trinajstić information content (AvgIpc) is 2.56. The zero-order chi connectivity index (χ0) is 11.2. The molecule has 0 amide bonds. The summed E-state index contributed by atoms with van der Waals surface area (Å²) in [6.45, 7) is 6.07. The Labute approximate surface area is 100 Å². The summed E-state index contributed by atoms with van der Waals surface area (Å²) < 4.78 is 0. The summed E-state index contributed by atoms with van der Waals surface area (Å²) in [5.41, 5.74) is 0. The van der Waals surface area contributed by atoms with E-state index < -0.39 is 0 Å². The van der Waals surface area contributed by atoms with Gasteiger partial charge in [0.2, 0.25) is 0 Å². The van der Waals surface area contributed by atoms with Crippen molar-refractivity contribution in [3.63, 3.8) is 0 Å². The van der Waals surface area contributed by atoms with E-state index in [2.05, 4.69) is 29.3 Å². The van der Waals surface area contributed by atoms with Gasteiger partial charge in [-0.2, -0.15) is 0 Å². The zero-order valence-electron chi connectivity index (χ0n) is 10.6. The second-order valence-electron chi connectivity index (χ2n) is 5.23. The fourth-order valence-corrected chi connectivity index (χ4v) is 3.01. The van der Waals surface area contributed by atoms with Crippen LogP contribution in [0.2, 0.25) is 0 Å². The standard InChI is InChI=1S/C14H26N2/c1-2-7-13-12-16(11-6-10-15-13)14-8-4-3-5-9-14/h3-4,13-15H,2,5-12H2,1H3. The van der Waals surface area contributed by atoms with Gasteiger partial charge in [0, 0.05) is 18.6 Å². The van der Waals surface area contributed by atoms with Gasteiger partial charge in [-0.05, 0) is 45.2 Å². The molecule has 0 bridgehead atoms. The predicted octanol–water partition coefficient (Wildman–Crippen LogP) is 2.56. The number of allylic oxidation sites excluding steroid dienone is 1. The van der Waals surface area contributed by atoms with Crippen LogP contribution in [0.3, 0.4) is 0 Å². The van der Waals surface area contributed by atoms with Gasteiger partial charge in [0.05, 0.1) is 0 Å². The molecule has 1 saturated heterocycles. The van der Waals surface area contributed by atoms with Crippen LogP contribution in [0.25, 0.3) is 0 Å². The van der Waals surface area contributed by atoms with Crippen LogP contribution in [0.1, 0.15) is 45.4 Å². The molecule has 0 radical (unpaired) electrons. The maximum Gasteiger partial charge on any atom is 0.0195 e. The SMILES string of the molecule is CCCC1CN(C2CC=CCC2)CCCN1. The third kappa shape index (κ3) is 3.33. The van der Waals surface area contributed by atoms with E-state index in [-0.39, 0.29) is 0 Å².